The predicted octanol–water partition coefficient (Wildman–Crippen LogP) is 2.86. The molecule has 3 rings (SSSR count). The molecule has 0 aliphatic rings. The molecular weight excluding hydrogens is 346 g/mol. The maximum atomic E-state index is 12.9. The van der Waals surface area contributed by atoms with Crippen LogP contribution in [0, 0.1) is 0 Å². The van der Waals surface area contributed by atoms with Crippen LogP contribution < -0.4 is 0 Å². The van der Waals surface area contributed by atoms with E-state index < -0.39 is 0 Å². The summed E-state index contributed by atoms with van der Waals surface area (Å²) in [7, 11) is 3.26. The van der Waals surface area contributed by atoms with Gasteiger partial charge in [-0.25, -0.2) is 4.98 Å². The lowest BCUT2D eigenvalue weighted by molar-refractivity contribution is 0.0621. The summed E-state index contributed by atoms with van der Waals surface area (Å²) in [5.74, 6) is -0.0366. The number of nitrogens with zero attached hydrogens (tertiary/aromatic N) is 3. The summed E-state index contributed by atoms with van der Waals surface area (Å²) < 4.78 is 12.1. The van der Waals surface area contributed by atoms with E-state index in [4.69, 9.17) is 9.47 Å². The fraction of sp³-hybridized carbons (Fsp3) is 0.375. The number of carbonyl (C=O) groups excluding carboxylic acids is 1. The van der Waals surface area contributed by atoms with Crippen LogP contribution in [-0.2, 0) is 9.47 Å². The molecule has 0 bridgehead atoms. The van der Waals surface area contributed by atoms with Crippen LogP contribution in [0.3, 0.4) is 0 Å². The van der Waals surface area contributed by atoms with Crippen LogP contribution >= 0.6 is 22.7 Å². The summed E-state index contributed by atoms with van der Waals surface area (Å²) in [4.78, 5) is 21.2. The van der Waals surface area contributed by atoms with Crippen molar-refractivity contribution in [2.24, 2.45) is 0 Å². The van der Waals surface area contributed by atoms with Gasteiger partial charge < -0.3 is 14.4 Å². The first-order valence-corrected chi connectivity index (χ1v) is 9.28. The Kier molecular flexibility index (Phi) is 5.62. The van der Waals surface area contributed by atoms with E-state index >= 15 is 0 Å². The van der Waals surface area contributed by atoms with Gasteiger partial charge in [0, 0.05) is 38.9 Å². The minimum absolute atomic E-state index is 0.0366. The normalized spacial score (nSPS) is 11.2. The molecule has 0 saturated carbocycles. The molecular formula is C16H19N3O3S2. The van der Waals surface area contributed by atoms with Crippen LogP contribution in [0.15, 0.2) is 29.1 Å². The van der Waals surface area contributed by atoms with Crippen LogP contribution in [0.25, 0.3) is 15.5 Å². The Bertz CT molecular complexity index is 787. The molecule has 6 nitrogen and oxygen atoms in total. The number of imidazole rings is 1. The first-order chi connectivity index (χ1) is 11.7. The van der Waals surface area contributed by atoms with E-state index in [2.05, 4.69) is 4.98 Å². The first-order valence-electron chi connectivity index (χ1n) is 7.52. The number of thiophene rings is 1. The van der Waals surface area contributed by atoms with Crippen LogP contribution in [0.2, 0.25) is 0 Å². The highest BCUT2D eigenvalue weighted by Gasteiger charge is 2.21. The van der Waals surface area contributed by atoms with Gasteiger partial charge in [0.2, 0.25) is 0 Å². The van der Waals surface area contributed by atoms with E-state index in [1.54, 1.807) is 30.5 Å². The first kappa shape index (κ1) is 17.1. The minimum Gasteiger partial charge on any atom is -0.383 e. The van der Waals surface area contributed by atoms with E-state index in [1.807, 2.05) is 33.5 Å². The third-order valence-electron chi connectivity index (χ3n) is 3.62. The molecule has 0 saturated heterocycles. The van der Waals surface area contributed by atoms with Gasteiger partial charge in [-0.05, 0) is 11.4 Å². The molecule has 0 fully saturated rings. The molecule has 24 heavy (non-hydrogen) atoms. The van der Waals surface area contributed by atoms with Gasteiger partial charge in [0.05, 0.1) is 18.1 Å². The standard InChI is InChI=1S/C16H19N3O3S2/c1-21-7-5-18(6-8-22-2)15(20)13-11-24-16-17-12(10-19(13)16)14-4-3-9-23-14/h3-4,9-11H,5-8H2,1-2H3. The molecule has 3 heterocycles. The van der Waals surface area contributed by atoms with Crippen molar-refractivity contribution in [2.75, 3.05) is 40.5 Å². The zero-order chi connectivity index (χ0) is 16.9. The van der Waals surface area contributed by atoms with Crippen LogP contribution in [0.5, 0.6) is 0 Å². The number of hydrogen-bond donors (Lipinski definition) is 0. The summed E-state index contributed by atoms with van der Waals surface area (Å²) in [5, 5.41) is 3.88. The van der Waals surface area contributed by atoms with Crippen molar-refractivity contribution in [3.8, 4) is 10.6 Å². The molecule has 1 amide bonds. The molecule has 3 aromatic heterocycles. The van der Waals surface area contributed by atoms with Gasteiger partial charge in [-0.1, -0.05) is 6.07 Å². The van der Waals surface area contributed by atoms with E-state index in [0.717, 1.165) is 15.5 Å². The van der Waals surface area contributed by atoms with E-state index in [0.29, 0.717) is 32.0 Å². The number of ether oxygens (including phenoxy) is 2. The lowest BCUT2D eigenvalue weighted by Crippen LogP contribution is -2.37. The second-order valence-corrected chi connectivity index (χ2v) is 6.94. The zero-order valence-electron chi connectivity index (χ0n) is 13.6. The molecule has 8 heteroatoms. The van der Waals surface area contributed by atoms with Gasteiger partial charge in [-0.3, -0.25) is 9.20 Å². The van der Waals surface area contributed by atoms with Crippen molar-refractivity contribution < 1.29 is 14.3 Å². The average molecular weight is 365 g/mol. The summed E-state index contributed by atoms with van der Waals surface area (Å²) in [6.45, 7) is 2.05. The number of aromatic nitrogens is 2. The molecule has 0 radical (unpaired) electrons. The van der Waals surface area contributed by atoms with Crippen molar-refractivity contribution in [3.05, 3.63) is 34.8 Å². The van der Waals surface area contributed by atoms with Crippen LogP contribution in [-0.4, -0.2) is 60.7 Å². The largest absolute Gasteiger partial charge is 0.383 e. The Balaban J connectivity index is 1.87. The maximum absolute atomic E-state index is 12.9. The molecule has 0 N–H and O–H groups in total. The summed E-state index contributed by atoms with van der Waals surface area (Å²) in [6.07, 6.45) is 1.93. The smallest absolute Gasteiger partial charge is 0.271 e. The molecule has 3 aromatic rings. The molecule has 0 spiro atoms. The fourth-order valence-corrected chi connectivity index (χ4v) is 3.89. The molecule has 0 aliphatic carbocycles. The van der Waals surface area contributed by atoms with Crippen LogP contribution in [0.1, 0.15) is 10.5 Å². The van der Waals surface area contributed by atoms with Gasteiger partial charge in [0.15, 0.2) is 4.96 Å². The summed E-state index contributed by atoms with van der Waals surface area (Å²) in [5.41, 5.74) is 1.52. The molecule has 128 valence electrons. The third-order valence-corrected chi connectivity index (χ3v) is 5.35. The van der Waals surface area contributed by atoms with Crippen molar-refractivity contribution in [2.45, 2.75) is 0 Å². The highest BCUT2D eigenvalue weighted by Crippen LogP contribution is 2.27. The maximum Gasteiger partial charge on any atom is 0.271 e. The number of methoxy groups -OCH3 is 2. The summed E-state index contributed by atoms with van der Waals surface area (Å²) in [6, 6.07) is 4.03. The van der Waals surface area contributed by atoms with Gasteiger partial charge in [0.25, 0.3) is 5.91 Å². The number of thiazole rings is 1. The highest BCUT2D eigenvalue weighted by atomic mass is 32.1. The van der Waals surface area contributed by atoms with Crippen molar-refractivity contribution >= 4 is 33.5 Å². The second kappa shape index (κ2) is 7.89. The summed E-state index contributed by atoms with van der Waals surface area (Å²) >= 11 is 3.11. The number of rotatable bonds is 8. The molecule has 0 aliphatic heterocycles. The molecule has 0 aromatic carbocycles. The Morgan fingerprint density at radius 2 is 2.00 bits per heavy atom. The quantitative estimate of drug-likeness (QED) is 0.616. The lowest BCUT2D eigenvalue weighted by atomic mass is 10.3. The van der Waals surface area contributed by atoms with Gasteiger partial charge in [-0.15, -0.1) is 22.7 Å². The van der Waals surface area contributed by atoms with Crippen LogP contribution in [0.4, 0.5) is 0 Å². The van der Waals surface area contributed by atoms with E-state index in [1.165, 1.54) is 11.3 Å². The third kappa shape index (κ3) is 3.51. The number of fused-ring (bicyclic) bond motifs is 1. The van der Waals surface area contributed by atoms with Gasteiger partial charge in [0.1, 0.15) is 11.4 Å². The zero-order valence-corrected chi connectivity index (χ0v) is 15.2. The lowest BCUT2D eigenvalue weighted by Gasteiger charge is -2.21. The number of hydrogen-bond acceptors (Lipinski definition) is 6. The van der Waals surface area contributed by atoms with E-state index in [-0.39, 0.29) is 5.91 Å². The topological polar surface area (TPSA) is 56.1 Å². The Labute approximate surface area is 148 Å². The average Bonchev–Trinajstić information content (AvgIpc) is 3.30. The van der Waals surface area contributed by atoms with Gasteiger partial charge in [-0.2, -0.15) is 0 Å². The Morgan fingerprint density at radius 1 is 1.25 bits per heavy atom. The second-order valence-electron chi connectivity index (χ2n) is 5.15. The Hall–Kier alpha value is -1.74. The SMILES string of the molecule is COCCN(CCOC)C(=O)c1csc2nc(-c3cccs3)cn12. The van der Waals surface area contributed by atoms with Crippen molar-refractivity contribution in [3.63, 3.8) is 0 Å². The molecule has 0 atom stereocenters. The number of amides is 1. The molecule has 0 unspecified atom stereocenters. The van der Waals surface area contributed by atoms with E-state index in [9.17, 15) is 4.79 Å². The number of carbonyl (C=O) groups is 1. The Morgan fingerprint density at radius 3 is 2.62 bits per heavy atom. The monoisotopic (exact) mass is 365 g/mol. The highest BCUT2D eigenvalue weighted by molar-refractivity contribution is 7.15. The van der Waals surface area contributed by atoms with Gasteiger partial charge >= 0.3 is 0 Å². The fourth-order valence-electron chi connectivity index (χ4n) is 2.36. The van der Waals surface area contributed by atoms with Crippen molar-refractivity contribution in [1.29, 1.82) is 0 Å². The minimum atomic E-state index is -0.0366. The van der Waals surface area contributed by atoms with Crippen molar-refractivity contribution in [1.82, 2.24) is 14.3 Å². The predicted molar refractivity (Wildman–Crippen MR) is 96.0 cm³/mol.